The van der Waals surface area contributed by atoms with Gasteiger partial charge >= 0.3 is 6.16 Å². The van der Waals surface area contributed by atoms with Crippen LogP contribution in [0.4, 0.5) is 4.79 Å². The number of fused-ring (bicyclic) bond motifs is 1. The Hall–Kier alpha value is -4.39. The van der Waals surface area contributed by atoms with E-state index in [1.165, 1.54) is 32.1 Å². The number of aromatic nitrogens is 4. The SMILES string of the molecule is CCCc1nc2c(C)cc(-c3cn(C4CCCCC4)cn3)cc2n1Cc1ccc(-c2ccccc2OC(=O)O)cc1. The first-order valence-corrected chi connectivity index (χ1v) is 14.6. The molecule has 0 aliphatic heterocycles. The van der Waals surface area contributed by atoms with Crippen molar-refractivity contribution in [2.75, 3.05) is 0 Å². The van der Waals surface area contributed by atoms with Crippen LogP contribution in [-0.4, -0.2) is 30.4 Å². The van der Waals surface area contributed by atoms with E-state index in [1.54, 1.807) is 12.1 Å². The van der Waals surface area contributed by atoms with Crippen LogP contribution >= 0.6 is 0 Å². The molecular formula is C34H36N4O3. The second kappa shape index (κ2) is 11.6. The Kier molecular flexibility index (Phi) is 7.59. The number of carboxylic acid groups (broad SMARTS) is 1. The van der Waals surface area contributed by atoms with E-state index in [0.717, 1.165) is 63.2 Å². The van der Waals surface area contributed by atoms with Crippen LogP contribution in [0.3, 0.4) is 0 Å². The molecule has 0 amide bonds. The molecule has 1 saturated carbocycles. The summed E-state index contributed by atoms with van der Waals surface area (Å²) < 4.78 is 9.65. The molecule has 0 bridgehead atoms. The highest BCUT2D eigenvalue weighted by atomic mass is 16.7. The molecule has 5 aromatic rings. The first kappa shape index (κ1) is 26.8. The van der Waals surface area contributed by atoms with Crippen molar-refractivity contribution in [1.29, 1.82) is 0 Å². The lowest BCUT2D eigenvalue weighted by molar-refractivity contribution is 0.144. The van der Waals surface area contributed by atoms with Crippen molar-refractivity contribution in [2.45, 2.75) is 71.4 Å². The Morgan fingerprint density at radius 3 is 2.56 bits per heavy atom. The zero-order valence-electron chi connectivity index (χ0n) is 23.7. The maximum atomic E-state index is 11.2. The monoisotopic (exact) mass is 548 g/mol. The largest absolute Gasteiger partial charge is 0.511 e. The maximum Gasteiger partial charge on any atom is 0.511 e. The van der Waals surface area contributed by atoms with Crippen LogP contribution in [-0.2, 0) is 13.0 Å². The highest BCUT2D eigenvalue weighted by Crippen LogP contribution is 2.33. The molecule has 0 saturated heterocycles. The molecule has 6 rings (SSSR count). The Bertz CT molecular complexity index is 1680. The third kappa shape index (κ3) is 5.62. The first-order valence-electron chi connectivity index (χ1n) is 14.6. The standard InChI is InChI=1S/C34H36N4O3/c1-3-9-32-36-33-23(2)18-26(29-21-37(22-35-29)27-10-5-4-6-11-27)19-30(33)38(32)20-24-14-16-25(17-15-24)28-12-7-8-13-31(28)41-34(39)40/h7-8,12-19,21-22,27H,3-6,9-11,20H2,1-2H3,(H,39,40). The van der Waals surface area contributed by atoms with Gasteiger partial charge in [-0.1, -0.05) is 68.7 Å². The van der Waals surface area contributed by atoms with Crippen molar-refractivity contribution in [3.8, 4) is 28.1 Å². The van der Waals surface area contributed by atoms with Crippen LogP contribution in [0.1, 0.15) is 68.4 Å². The molecule has 0 atom stereocenters. The van der Waals surface area contributed by atoms with Crippen LogP contribution in [0.5, 0.6) is 5.75 Å². The Morgan fingerprint density at radius 1 is 1.02 bits per heavy atom. The number of ether oxygens (including phenoxy) is 1. The molecule has 1 N–H and O–H groups in total. The molecule has 2 heterocycles. The number of nitrogens with zero attached hydrogens (tertiary/aromatic N) is 4. The summed E-state index contributed by atoms with van der Waals surface area (Å²) in [6, 6.07) is 20.4. The molecule has 210 valence electrons. The lowest BCUT2D eigenvalue weighted by atomic mass is 9.95. The van der Waals surface area contributed by atoms with Gasteiger partial charge in [-0.15, -0.1) is 0 Å². The number of aryl methyl sites for hydroxylation is 2. The van der Waals surface area contributed by atoms with E-state index >= 15 is 0 Å². The summed E-state index contributed by atoms with van der Waals surface area (Å²) in [5.41, 5.74) is 8.25. The lowest BCUT2D eigenvalue weighted by Crippen LogP contribution is -2.10. The zero-order chi connectivity index (χ0) is 28.3. The number of benzene rings is 3. The molecule has 3 aromatic carbocycles. The molecule has 7 heteroatoms. The van der Waals surface area contributed by atoms with Crippen molar-refractivity contribution < 1.29 is 14.6 Å². The second-order valence-corrected chi connectivity index (χ2v) is 11.1. The molecule has 0 unspecified atom stereocenters. The number of imidazole rings is 2. The van der Waals surface area contributed by atoms with Gasteiger partial charge < -0.3 is 19.0 Å². The zero-order valence-corrected chi connectivity index (χ0v) is 23.7. The van der Waals surface area contributed by atoms with Crippen molar-refractivity contribution in [2.24, 2.45) is 0 Å². The van der Waals surface area contributed by atoms with Crippen molar-refractivity contribution in [1.82, 2.24) is 19.1 Å². The normalized spacial score (nSPS) is 14.0. The third-order valence-corrected chi connectivity index (χ3v) is 8.18. The van der Waals surface area contributed by atoms with E-state index in [2.05, 4.69) is 53.4 Å². The Balaban J connectivity index is 1.33. The summed E-state index contributed by atoms with van der Waals surface area (Å²) in [6.45, 7) is 5.02. The molecule has 41 heavy (non-hydrogen) atoms. The van der Waals surface area contributed by atoms with Crippen LogP contribution in [0.25, 0.3) is 33.4 Å². The van der Waals surface area contributed by atoms with E-state index in [1.807, 2.05) is 30.6 Å². The minimum Gasteiger partial charge on any atom is -0.449 e. The third-order valence-electron chi connectivity index (χ3n) is 8.18. The van der Waals surface area contributed by atoms with Gasteiger partial charge in [-0.2, -0.15) is 0 Å². The quantitative estimate of drug-likeness (QED) is 0.155. The van der Waals surface area contributed by atoms with Gasteiger partial charge in [-0.3, -0.25) is 0 Å². The molecule has 1 aliphatic carbocycles. The fourth-order valence-electron chi connectivity index (χ4n) is 6.10. The van der Waals surface area contributed by atoms with Gasteiger partial charge in [0.1, 0.15) is 11.6 Å². The van der Waals surface area contributed by atoms with Crippen molar-refractivity contribution in [3.63, 3.8) is 0 Å². The van der Waals surface area contributed by atoms with Gasteiger partial charge in [0.25, 0.3) is 0 Å². The molecule has 1 aliphatic rings. The number of hydrogen-bond donors (Lipinski definition) is 1. The number of carbonyl (C=O) groups is 1. The summed E-state index contributed by atoms with van der Waals surface area (Å²) in [5.74, 6) is 1.41. The average molecular weight is 549 g/mol. The number of rotatable bonds is 8. The topological polar surface area (TPSA) is 82.2 Å². The van der Waals surface area contributed by atoms with E-state index in [4.69, 9.17) is 19.8 Å². The predicted molar refractivity (Wildman–Crippen MR) is 161 cm³/mol. The maximum absolute atomic E-state index is 11.2. The highest BCUT2D eigenvalue weighted by Gasteiger charge is 2.18. The van der Waals surface area contributed by atoms with Gasteiger partial charge in [-0.25, -0.2) is 14.8 Å². The average Bonchev–Trinajstić information content (AvgIpc) is 3.61. The van der Waals surface area contributed by atoms with Crippen molar-refractivity contribution in [3.05, 3.63) is 90.1 Å². The summed E-state index contributed by atoms with van der Waals surface area (Å²) in [7, 11) is 0. The van der Waals surface area contributed by atoms with E-state index in [-0.39, 0.29) is 0 Å². The fraction of sp³-hybridized carbons (Fsp3) is 0.324. The number of para-hydroxylation sites is 1. The fourth-order valence-corrected chi connectivity index (χ4v) is 6.10. The van der Waals surface area contributed by atoms with E-state index < -0.39 is 6.16 Å². The lowest BCUT2D eigenvalue weighted by Gasteiger charge is -2.22. The molecule has 1 fully saturated rings. The van der Waals surface area contributed by atoms with Gasteiger partial charge in [0, 0.05) is 36.3 Å². The predicted octanol–water partition coefficient (Wildman–Crippen LogP) is 8.44. The minimum atomic E-state index is -1.32. The summed E-state index contributed by atoms with van der Waals surface area (Å²) in [6.07, 6.45) is 11.2. The smallest absolute Gasteiger partial charge is 0.449 e. The molecule has 2 aromatic heterocycles. The van der Waals surface area contributed by atoms with Gasteiger partial charge in [0.15, 0.2) is 0 Å². The second-order valence-electron chi connectivity index (χ2n) is 11.1. The molecular weight excluding hydrogens is 512 g/mol. The van der Waals surface area contributed by atoms with E-state index in [0.29, 0.717) is 18.3 Å². The van der Waals surface area contributed by atoms with Gasteiger partial charge in [0.2, 0.25) is 0 Å². The van der Waals surface area contributed by atoms with Gasteiger partial charge in [0.05, 0.1) is 23.1 Å². The summed E-state index contributed by atoms with van der Waals surface area (Å²) in [5, 5.41) is 9.12. The minimum absolute atomic E-state index is 0.326. The molecule has 0 radical (unpaired) electrons. The van der Waals surface area contributed by atoms with Crippen LogP contribution in [0.2, 0.25) is 0 Å². The highest BCUT2D eigenvalue weighted by molar-refractivity contribution is 5.85. The molecule has 0 spiro atoms. The van der Waals surface area contributed by atoms with Crippen LogP contribution in [0, 0.1) is 6.92 Å². The van der Waals surface area contributed by atoms with E-state index in [9.17, 15) is 4.79 Å². The Labute approximate surface area is 240 Å². The van der Waals surface area contributed by atoms with Crippen LogP contribution < -0.4 is 4.74 Å². The molecule has 7 nitrogen and oxygen atoms in total. The summed E-state index contributed by atoms with van der Waals surface area (Å²) >= 11 is 0. The van der Waals surface area contributed by atoms with Gasteiger partial charge in [-0.05, 0) is 61.1 Å². The Morgan fingerprint density at radius 2 is 1.80 bits per heavy atom. The van der Waals surface area contributed by atoms with Crippen molar-refractivity contribution >= 4 is 17.2 Å². The number of hydrogen-bond acceptors (Lipinski definition) is 4. The first-order chi connectivity index (χ1) is 20.0. The summed E-state index contributed by atoms with van der Waals surface area (Å²) in [4.78, 5) is 21.0. The van der Waals surface area contributed by atoms with Crippen LogP contribution in [0.15, 0.2) is 73.2 Å².